The van der Waals surface area contributed by atoms with E-state index in [1.807, 2.05) is 37.3 Å². The number of nitro benzene ring substituents is 1. The molecule has 0 radical (unpaired) electrons. The highest BCUT2D eigenvalue weighted by Crippen LogP contribution is 2.42. The summed E-state index contributed by atoms with van der Waals surface area (Å²) in [7, 11) is 0. The van der Waals surface area contributed by atoms with Gasteiger partial charge in [0.1, 0.15) is 0 Å². The molecule has 3 aromatic rings. The predicted molar refractivity (Wildman–Crippen MR) is 118 cm³/mol. The third-order valence-corrected chi connectivity index (χ3v) is 6.62. The van der Waals surface area contributed by atoms with Crippen LogP contribution in [0.15, 0.2) is 64.4 Å². The summed E-state index contributed by atoms with van der Waals surface area (Å²) in [4.78, 5) is 25.1. The maximum absolute atomic E-state index is 13.0. The number of esters is 1. The second kappa shape index (κ2) is 9.34. The second-order valence-corrected chi connectivity index (χ2v) is 8.60. The molecule has 4 rings (SSSR count). The number of hydrogen-bond acceptors (Lipinski definition) is 6. The minimum atomic E-state index is -0.410. The molecule has 2 aromatic carbocycles. The normalized spacial score (nSPS) is 14.4. The van der Waals surface area contributed by atoms with Crippen molar-refractivity contribution in [3.63, 3.8) is 0 Å². The van der Waals surface area contributed by atoms with Gasteiger partial charge in [-0.3, -0.25) is 14.9 Å². The van der Waals surface area contributed by atoms with E-state index < -0.39 is 4.92 Å². The maximum Gasteiger partial charge on any atom is 0.315 e. The summed E-state index contributed by atoms with van der Waals surface area (Å²) in [5.74, 6) is -0.0827. The standard InChI is InChI=1S/C23H23N3O4S/c1-16-21(31-20-15-9-8-14-19(20)26(28)29)22(25(24-16)18-12-6-3-7-13-18)30-23(27)17-10-4-2-5-11-17/h3,6-9,12-15,17H,2,4-5,10-11H2,1H3. The first kappa shape index (κ1) is 21.1. The van der Waals surface area contributed by atoms with E-state index >= 15 is 0 Å². The van der Waals surface area contributed by atoms with Crippen LogP contribution < -0.4 is 4.74 Å². The Bertz CT molecular complexity index is 1090. The number of aromatic nitrogens is 2. The van der Waals surface area contributed by atoms with Crippen LogP contribution in [0.1, 0.15) is 37.8 Å². The van der Waals surface area contributed by atoms with Gasteiger partial charge in [0.2, 0.25) is 5.88 Å². The first-order valence-corrected chi connectivity index (χ1v) is 11.1. The Hall–Kier alpha value is -3.13. The molecule has 0 unspecified atom stereocenters. The average Bonchev–Trinajstić information content (AvgIpc) is 3.10. The highest BCUT2D eigenvalue weighted by Gasteiger charge is 2.28. The van der Waals surface area contributed by atoms with Crippen LogP contribution >= 0.6 is 11.8 Å². The molecule has 1 aromatic heterocycles. The molecule has 1 saturated carbocycles. The topological polar surface area (TPSA) is 87.3 Å². The molecule has 1 fully saturated rings. The van der Waals surface area contributed by atoms with Crippen LogP contribution in [-0.2, 0) is 4.79 Å². The van der Waals surface area contributed by atoms with Crippen LogP contribution in [0.3, 0.4) is 0 Å². The number of benzene rings is 2. The first-order chi connectivity index (χ1) is 15.0. The smallest absolute Gasteiger partial charge is 0.315 e. The quantitative estimate of drug-likeness (QED) is 0.278. The Kier molecular flexibility index (Phi) is 6.36. The maximum atomic E-state index is 13.0. The van der Waals surface area contributed by atoms with Gasteiger partial charge in [-0.1, -0.05) is 61.4 Å². The van der Waals surface area contributed by atoms with Gasteiger partial charge in [0.05, 0.1) is 32.0 Å². The van der Waals surface area contributed by atoms with E-state index in [2.05, 4.69) is 5.10 Å². The van der Waals surface area contributed by atoms with Gasteiger partial charge in [-0.15, -0.1) is 0 Å². The molecule has 0 atom stereocenters. The molecule has 1 heterocycles. The van der Waals surface area contributed by atoms with Crippen molar-refractivity contribution in [1.29, 1.82) is 0 Å². The van der Waals surface area contributed by atoms with Crippen LogP contribution in [0.25, 0.3) is 5.69 Å². The Labute approximate surface area is 184 Å². The number of hydrogen-bond donors (Lipinski definition) is 0. The van der Waals surface area contributed by atoms with E-state index in [0.717, 1.165) is 37.8 Å². The van der Waals surface area contributed by atoms with Crippen LogP contribution in [-0.4, -0.2) is 20.7 Å². The van der Waals surface area contributed by atoms with E-state index in [1.54, 1.807) is 22.9 Å². The summed E-state index contributed by atoms with van der Waals surface area (Å²) >= 11 is 1.20. The lowest BCUT2D eigenvalue weighted by Gasteiger charge is -2.20. The van der Waals surface area contributed by atoms with Crippen LogP contribution in [0.2, 0.25) is 0 Å². The molecule has 7 nitrogen and oxygen atoms in total. The summed E-state index contributed by atoms with van der Waals surface area (Å²) in [6, 6.07) is 16.0. The molecule has 160 valence electrons. The van der Waals surface area contributed by atoms with Gasteiger partial charge in [0, 0.05) is 6.07 Å². The Morgan fingerprint density at radius 3 is 2.48 bits per heavy atom. The van der Waals surface area contributed by atoms with Crippen molar-refractivity contribution >= 4 is 23.4 Å². The van der Waals surface area contributed by atoms with Gasteiger partial charge in [-0.05, 0) is 38.0 Å². The van der Waals surface area contributed by atoms with Crippen molar-refractivity contribution in [3.05, 3.63) is 70.4 Å². The molecule has 1 aliphatic rings. The van der Waals surface area contributed by atoms with E-state index in [9.17, 15) is 14.9 Å². The fraction of sp³-hybridized carbons (Fsp3) is 0.304. The zero-order chi connectivity index (χ0) is 21.8. The number of aryl methyl sites for hydroxylation is 1. The van der Waals surface area contributed by atoms with Crippen molar-refractivity contribution in [2.75, 3.05) is 0 Å². The molecular formula is C23H23N3O4S. The lowest BCUT2D eigenvalue weighted by molar-refractivity contribution is -0.387. The monoisotopic (exact) mass is 437 g/mol. The molecule has 0 saturated heterocycles. The third-order valence-electron chi connectivity index (χ3n) is 5.38. The van der Waals surface area contributed by atoms with E-state index in [-0.39, 0.29) is 17.6 Å². The van der Waals surface area contributed by atoms with Gasteiger partial charge >= 0.3 is 5.97 Å². The molecular weight excluding hydrogens is 414 g/mol. The summed E-state index contributed by atoms with van der Waals surface area (Å²) < 4.78 is 7.54. The molecule has 1 aliphatic carbocycles. The number of rotatable bonds is 6. The SMILES string of the molecule is Cc1nn(-c2ccccc2)c(OC(=O)C2CCCCC2)c1Sc1ccccc1[N+](=O)[O-]. The van der Waals surface area contributed by atoms with Crippen LogP contribution in [0.4, 0.5) is 5.69 Å². The summed E-state index contributed by atoms with van der Waals surface area (Å²) in [5.41, 5.74) is 1.40. The minimum absolute atomic E-state index is 0.00363. The average molecular weight is 438 g/mol. The molecule has 31 heavy (non-hydrogen) atoms. The number of carbonyl (C=O) groups is 1. The van der Waals surface area contributed by atoms with Crippen molar-refractivity contribution in [2.45, 2.75) is 48.8 Å². The summed E-state index contributed by atoms with van der Waals surface area (Å²) in [6.07, 6.45) is 4.83. The summed E-state index contributed by atoms with van der Waals surface area (Å²) in [5, 5.41) is 16.1. The number of nitro groups is 1. The first-order valence-electron chi connectivity index (χ1n) is 10.3. The fourth-order valence-corrected chi connectivity index (χ4v) is 4.78. The third kappa shape index (κ3) is 4.64. The number of ether oxygens (including phenoxy) is 1. The Balaban J connectivity index is 1.75. The second-order valence-electron chi connectivity index (χ2n) is 7.55. The van der Waals surface area contributed by atoms with Crippen molar-refractivity contribution in [2.24, 2.45) is 5.92 Å². The molecule has 0 N–H and O–H groups in total. The van der Waals surface area contributed by atoms with Gasteiger partial charge in [0.25, 0.3) is 5.69 Å². The van der Waals surface area contributed by atoms with Crippen molar-refractivity contribution < 1.29 is 14.5 Å². The largest absolute Gasteiger partial charge is 0.406 e. The van der Waals surface area contributed by atoms with Gasteiger partial charge < -0.3 is 4.74 Å². The van der Waals surface area contributed by atoms with Crippen LogP contribution in [0, 0.1) is 23.0 Å². The molecule has 0 aliphatic heterocycles. The fourth-order valence-electron chi connectivity index (χ4n) is 3.76. The van der Waals surface area contributed by atoms with Crippen LogP contribution in [0.5, 0.6) is 5.88 Å². The molecule has 0 bridgehead atoms. The summed E-state index contributed by atoms with van der Waals surface area (Å²) in [6.45, 7) is 1.81. The Morgan fingerprint density at radius 2 is 1.77 bits per heavy atom. The van der Waals surface area contributed by atoms with Crippen molar-refractivity contribution in [3.8, 4) is 11.6 Å². The highest BCUT2D eigenvalue weighted by atomic mass is 32.2. The predicted octanol–water partition coefficient (Wildman–Crippen LogP) is 5.73. The highest BCUT2D eigenvalue weighted by molar-refractivity contribution is 7.99. The van der Waals surface area contributed by atoms with Gasteiger partial charge in [0.15, 0.2) is 0 Å². The van der Waals surface area contributed by atoms with Crippen molar-refractivity contribution in [1.82, 2.24) is 9.78 Å². The van der Waals surface area contributed by atoms with E-state index in [0.29, 0.717) is 21.4 Å². The Morgan fingerprint density at radius 1 is 1.10 bits per heavy atom. The molecule has 0 amide bonds. The number of nitrogens with zero attached hydrogens (tertiary/aromatic N) is 3. The molecule has 0 spiro atoms. The van der Waals surface area contributed by atoms with E-state index in [4.69, 9.17) is 4.74 Å². The minimum Gasteiger partial charge on any atom is -0.406 e. The number of para-hydroxylation sites is 2. The zero-order valence-electron chi connectivity index (χ0n) is 17.2. The lowest BCUT2D eigenvalue weighted by atomic mass is 9.89. The number of carbonyl (C=O) groups excluding carboxylic acids is 1. The van der Waals surface area contributed by atoms with Gasteiger partial charge in [-0.2, -0.15) is 9.78 Å². The lowest BCUT2D eigenvalue weighted by Crippen LogP contribution is -2.24. The zero-order valence-corrected chi connectivity index (χ0v) is 18.0. The van der Waals surface area contributed by atoms with Gasteiger partial charge in [-0.25, -0.2) is 0 Å². The molecule has 8 heteroatoms. The van der Waals surface area contributed by atoms with E-state index in [1.165, 1.54) is 17.8 Å².